The molecule has 0 bridgehead atoms. The van der Waals surface area contributed by atoms with Crippen LogP contribution in [0.25, 0.3) is 5.57 Å². The highest BCUT2D eigenvalue weighted by Crippen LogP contribution is 2.25. The monoisotopic (exact) mass is 374 g/mol. The fourth-order valence-corrected chi connectivity index (χ4v) is 3.52. The molecule has 0 aromatic heterocycles. The Morgan fingerprint density at radius 3 is 2.43 bits per heavy atom. The minimum Gasteiger partial charge on any atom is -0.481 e. The molecule has 0 saturated heterocycles. The number of aryl methyl sites for hydroxylation is 1. The van der Waals surface area contributed by atoms with Crippen molar-refractivity contribution in [1.82, 2.24) is 0 Å². The Labute approximate surface area is 166 Å². The lowest BCUT2D eigenvalue weighted by Crippen LogP contribution is -2.19. The van der Waals surface area contributed by atoms with Gasteiger partial charge in [-0.05, 0) is 41.9 Å². The summed E-state index contributed by atoms with van der Waals surface area (Å²) in [4.78, 5) is 24.2. The maximum Gasteiger partial charge on any atom is 0.306 e. The molecule has 3 rings (SSSR count). The molecule has 2 atom stereocenters. The molecule has 0 saturated carbocycles. The van der Waals surface area contributed by atoms with E-state index in [1.54, 1.807) is 0 Å². The standard InChI is InChI=1S/C25H26O3/c1-18-6-5-9-22(16-18)20-12-14-21(15-13-20)24(26)17-23(25(27)28)11-10-19-7-3-2-4-8-19/h2-5,7-9,12-16,18,23H,6,10-11,17H2,1H3,(H,27,28). The summed E-state index contributed by atoms with van der Waals surface area (Å²) in [5.41, 5.74) is 3.92. The van der Waals surface area contributed by atoms with Crippen molar-refractivity contribution in [2.45, 2.75) is 32.6 Å². The molecule has 0 spiro atoms. The topological polar surface area (TPSA) is 54.4 Å². The Bertz CT molecular complexity index is 876. The molecule has 0 fully saturated rings. The third-order valence-corrected chi connectivity index (χ3v) is 5.21. The number of benzene rings is 2. The van der Waals surface area contributed by atoms with Crippen molar-refractivity contribution in [2.75, 3.05) is 0 Å². The van der Waals surface area contributed by atoms with E-state index in [1.807, 2.05) is 54.6 Å². The molecule has 0 radical (unpaired) electrons. The molecule has 2 aromatic rings. The van der Waals surface area contributed by atoms with E-state index in [2.05, 4.69) is 25.2 Å². The van der Waals surface area contributed by atoms with Crippen LogP contribution in [0.3, 0.4) is 0 Å². The molecule has 28 heavy (non-hydrogen) atoms. The van der Waals surface area contributed by atoms with Crippen LogP contribution in [0.4, 0.5) is 0 Å². The number of carbonyl (C=O) groups excluding carboxylic acids is 1. The van der Waals surface area contributed by atoms with Crippen LogP contribution in [0, 0.1) is 11.8 Å². The number of carboxylic acids is 1. The number of allylic oxidation sites excluding steroid dienone is 4. The Kier molecular flexibility index (Phi) is 6.59. The number of hydrogen-bond donors (Lipinski definition) is 1. The quantitative estimate of drug-likeness (QED) is 0.614. The number of rotatable bonds is 8. The lowest BCUT2D eigenvalue weighted by Gasteiger charge is -2.14. The van der Waals surface area contributed by atoms with Crippen LogP contribution in [-0.4, -0.2) is 16.9 Å². The van der Waals surface area contributed by atoms with Gasteiger partial charge in [-0.25, -0.2) is 0 Å². The summed E-state index contributed by atoms with van der Waals surface area (Å²) in [6.07, 6.45) is 8.72. The summed E-state index contributed by atoms with van der Waals surface area (Å²) in [5, 5.41) is 9.52. The molecule has 3 nitrogen and oxygen atoms in total. The van der Waals surface area contributed by atoms with Crippen LogP contribution >= 0.6 is 0 Å². The third-order valence-electron chi connectivity index (χ3n) is 5.21. The van der Waals surface area contributed by atoms with E-state index in [1.165, 1.54) is 5.57 Å². The van der Waals surface area contributed by atoms with Crippen LogP contribution in [-0.2, 0) is 11.2 Å². The van der Waals surface area contributed by atoms with E-state index in [0.717, 1.165) is 17.5 Å². The van der Waals surface area contributed by atoms with E-state index in [9.17, 15) is 14.7 Å². The molecule has 2 aromatic carbocycles. The van der Waals surface area contributed by atoms with Crippen molar-refractivity contribution in [3.63, 3.8) is 0 Å². The SMILES string of the molecule is CC1C=C(c2ccc(C(=O)CC(CCc3ccccc3)C(=O)O)cc2)C=CC1. The van der Waals surface area contributed by atoms with Crippen LogP contribution < -0.4 is 0 Å². The van der Waals surface area contributed by atoms with Crippen molar-refractivity contribution < 1.29 is 14.7 Å². The lowest BCUT2D eigenvalue weighted by molar-refractivity contribution is -0.141. The predicted octanol–water partition coefficient (Wildman–Crippen LogP) is 5.57. The summed E-state index contributed by atoms with van der Waals surface area (Å²) in [7, 11) is 0. The molecule has 0 aliphatic heterocycles. The first-order valence-electron chi connectivity index (χ1n) is 9.81. The summed E-state index contributed by atoms with van der Waals surface area (Å²) < 4.78 is 0. The van der Waals surface area contributed by atoms with E-state index in [0.29, 0.717) is 24.3 Å². The Morgan fingerprint density at radius 1 is 1.07 bits per heavy atom. The number of carbonyl (C=O) groups is 2. The zero-order chi connectivity index (χ0) is 19.9. The van der Waals surface area contributed by atoms with Gasteiger partial charge in [-0.1, -0.05) is 79.7 Å². The molecular formula is C25H26O3. The Hall–Kier alpha value is -2.94. The predicted molar refractivity (Wildman–Crippen MR) is 112 cm³/mol. The van der Waals surface area contributed by atoms with Gasteiger partial charge in [0, 0.05) is 12.0 Å². The molecule has 2 unspecified atom stereocenters. The van der Waals surface area contributed by atoms with E-state index in [-0.39, 0.29) is 12.2 Å². The highest BCUT2D eigenvalue weighted by atomic mass is 16.4. The van der Waals surface area contributed by atoms with Gasteiger partial charge >= 0.3 is 5.97 Å². The molecule has 0 amide bonds. The maximum atomic E-state index is 12.6. The number of carboxylic acid groups (broad SMARTS) is 1. The molecule has 1 aliphatic rings. The molecule has 3 heteroatoms. The Balaban J connectivity index is 1.63. The summed E-state index contributed by atoms with van der Waals surface area (Å²) in [6, 6.07) is 17.3. The minimum atomic E-state index is -0.910. The first-order chi connectivity index (χ1) is 13.5. The number of Topliss-reactive ketones (excluding diaryl/α,β-unsaturated/α-hetero) is 1. The van der Waals surface area contributed by atoms with E-state index in [4.69, 9.17) is 0 Å². The number of ketones is 1. The average molecular weight is 374 g/mol. The largest absolute Gasteiger partial charge is 0.481 e. The van der Waals surface area contributed by atoms with Crippen molar-refractivity contribution >= 4 is 17.3 Å². The van der Waals surface area contributed by atoms with Gasteiger partial charge in [0.05, 0.1) is 5.92 Å². The van der Waals surface area contributed by atoms with Crippen molar-refractivity contribution in [3.8, 4) is 0 Å². The zero-order valence-corrected chi connectivity index (χ0v) is 16.2. The van der Waals surface area contributed by atoms with Crippen molar-refractivity contribution in [3.05, 3.63) is 89.5 Å². The zero-order valence-electron chi connectivity index (χ0n) is 16.2. The van der Waals surface area contributed by atoms with E-state index < -0.39 is 11.9 Å². The molecular weight excluding hydrogens is 348 g/mol. The first-order valence-corrected chi connectivity index (χ1v) is 9.81. The summed E-state index contributed by atoms with van der Waals surface area (Å²) in [6.45, 7) is 2.18. The van der Waals surface area contributed by atoms with Crippen LogP contribution in [0.15, 0.2) is 72.8 Å². The van der Waals surface area contributed by atoms with Gasteiger partial charge in [0.25, 0.3) is 0 Å². The van der Waals surface area contributed by atoms with Crippen LogP contribution in [0.2, 0.25) is 0 Å². The first kappa shape index (κ1) is 19.8. The minimum absolute atomic E-state index is 0.0289. The lowest BCUT2D eigenvalue weighted by atomic mass is 9.90. The molecule has 1 aliphatic carbocycles. The second-order valence-corrected chi connectivity index (χ2v) is 7.50. The van der Waals surface area contributed by atoms with Gasteiger partial charge in [0.1, 0.15) is 0 Å². The fourth-order valence-electron chi connectivity index (χ4n) is 3.52. The van der Waals surface area contributed by atoms with Gasteiger partial charge < -0.3 is 5.11 Å². The van der Waals surface area contributed by atoms with Gasteiger partial charge in [-0.15, -0.1) is 0 Å². The van der Waals surface area contributed by atoms with Gasteiger partial charge in [-0.2, -0.15) is 0 Å². The van der Waals surface area contributed by atoms with Gasteiger partial charge in [0.15, 0.2) is 5.78 Å². The number of hydrogen-bond acceptors (Lipinski definition) is 2. The van der Waals surface area contributed by atoms with E-state index >= 15 is 0 Å². The number of aliphatic carboxylic acids is 1. The smallest absolute Gasteiger partial charge is 0.306 e. The normalized spacial score (nSPS) is 17.0. The van der Waals surface area contributed by atoms with Crippen molar-refractivity contribution in [1.29, 1.82) is 0 Å². The molecule has 144 valence electrons. The fraction of sp³-hybridized carbons (Fsp3) is 0.280. The maximum absolute atomic E-state index is 12.6. The molecule has 0 heterocycles. The van der Waals surface area contributed by atoms with Gasteiger partial charge in [0.2, 0.25) is 0 Å². The molecule has 1 N–H and O–H groups in total. The highest BCUT2D eigenvalue weighted by molar-refractivity contribution is 5.98. The highest BCUT2D eigenvalue weighted by Gasteiger charge is 2.22. The summed E-state index contributed by atoms with van der Waals surface area (Å²) >= 11 is 0. The van der Waals surface area contributed by atoms with Gasteiger partial charge in [-0.3, -0.25) is 9.59 Å². The second-order valence-electron chi connectivity index (χ2n) is 7.50. The summed E-state index contributed by atoms with van der Waals surface area (Å²) in [5.74, 6) is -1.18. The second kappa shape index (κ2) is 9.32. The van der Waals surface area contributed by atoms with Crippen molar-refractivity contribution in [2.24, 2.45) is 11.8 Å². The Morgan fingerprint density at radius 2 is 1.79 bits per heavy atom. The average Bonchev–Trinajstić information content (AvgIpc) is 2.71. The van der Waals surface area contributed by atoms with Crippen LogP contribution in [0.5, 0.6) is 0 Å². The third kappa shape index (κ3) is 5.29. The van der Waals surface area contributed by atoms with Crippen LogP contribution in [0.1, 0.15) is 47.7 Å².